The first-order valence-corrected chi connectivity index (χ1v) is 6.17. The number of rotatable bonds is 3. The topological polar surface area (TPSA) is 58.9 Å². The molecule has 94 valence electrons. The lowest BCUT2D eigenvalue weighted by Crippen LogP contribution is -2.42. The maximum Gasteiger partial charge on any atom is 0.143 e. The number of hydrogen-bond acceptors (Lipinski definition) is 5. The zero-order chi connectivity index (χ0) is 12.2. The molecule has 0 amide bonds. The minimum absolute atomic E-state index is 0.990. The second-order valence-corrected chi connectivity index (χ2v) is 4.45. The summed E-state index contributed by atoms with van der Waals surface area (Å²) in [7, 11) is 0. The molecule has 2 aromatic rings. The fourth-order valence-electron chi connectivity index (χ4n) is 2.16. The fourth-order valence-corrected chi connectivity index (χ4v) is 2.16. The van der Waals surface area contributed by atoms with Crippen LogP contribution in [0, 0.1) is 0 Å². The third kappa shape index (κ3) is 2.55. The van der Waals surface area contributed by atoms with Gasteiger partial charge in [0.1, 0.15) is 6.33 Å². The maximum absolute atomic E-state index is 3.87. The van der Waals surface area contributed by atoms with Gasteiger partial charge < -0.3 is 5.32 Å². The summed E-state index contributed by atoms with van der Waals surface area (Å²) in [6, 6.07) is 8.37. The van der Waals surface area contributed by atoms with E-state index in [0.717, 1.165) is 38.4 Å². The van der Waals surface area contributed by atoms with E-state index in [1.165, 1.54) is 5.56 Å². The highest BCUT2D eigenvalue weighted by Gasteiger charge is 2.09. The van der Waals surface area contributed by atoms with E-state index in [4.69, 9.17) is 0 Å². The molecule has 1 aromatic heterocycles. The molecule has 18 heavy (non-hydrogen) atoms. The number of benzene rings is 1. The van der Waals surface area contributed by atoms with Crippen molar-refractivity contribution >= 4 is 0 Å². The highest BCUT2D eigenvalue weighted by Crippen LogP contribution is 2.10. The lowest BCUT2D eigenvalue weighted by Gasteiger charge is -2.27. The van der Waals surface area contributed by atoms with E-state index in [1.54, 1.807) is 11.0 Å². The number of tetrazole rings is 1. The molecule has 0 saturated carbocycles. The summed E-state index contributed by atoms with van der Waals surface area (Å²) >= 11 is 0. The predicted octanol–water partition coefficient (Wildman–Crippen LogP) is 0.0675. The standard InChI is InChI=1S/C12H16N6/c1-3-12(18-10-14-15-16-18)4-2-11(1)9-17-7-5-13-6-8-17/h1-4,10,13H,5-9H2. The SMILES string of the molecule is c1cc(-n2cnnn2)ccc1CN1CCNCC1. The van der Waals surface area contributed by atoms with Crippen LogP contribution >= 0.6 is 0 Å². The zero-order valence-corrected chi connectivity index (χ0v) is 10.2. The van der Waals surface area contributed by atoms with Crippen LogP contribution in [0.15, 0.2) is 30.6 Å². The molecule has 3 rings (SSSR count). The molecule has 1 aliphatic heterocycles. The van der Waals surface area contributed by atoms with Crippen molar-refractivity contribution in [2.75, 3.05) is 26.2 Å². The predicted molar refractivity (Wildman–Crippen MR) is 67.3 cm³/mol. The summed E-state index contributed by atoms with van der Waals surface area (Å²) in [6.45, 7) is 5.42. The van der Waals surface area contributed by atoms with Gasteiger partial charge in [-0.2, -0.15) is 0 Å². The average Bonchev–Trinajstić information content (AvgIpc) is 2.95. The van der Waals surface area contributed by atoms with Gasteiger partial charge in [0.2, 0.25) is 0 Å². The van der Waals surface area contributed by atoms with Crippen LogP contribution in [0.3, 0.4) is 0 Å². The van der Waals surface area contributed by atoms with Gasteiger partial charge in [-0.25, -0.2) is 4.68 Å². The highest BCUT2D eigenvalue weighted by molar-refractivity contribution is 5.33. The van der Waals surface area contributed by atoms with Crippen molar-refractivity contribution in [1.29, 1.82) is 0 Å². The van der Waals surface area contributed by atoms with Crippen LogP contribution in [0.1, 0.15) is 5.56 Å². The minimum Gasteiger partial charge on any atom is -0.314 e. The van der Waals surface area contributed by atoms with E-state index < -0.39 is 0 Å². The normalized spacial score (nSPS) is 16.9. The number of nitrogens with one attached hydrogen (secondary N) is 1. The van der Waals surface area contributed by atoms with Gasteiger partial charge in [0, 0.05) is 32.7 Å². The third-order valence-electron chi connectivity index (χ3n) is 3.17. The van der Waals surface area contributed by atoms with E-state index in [0.29, 0.717) is 0 Å². The number of piperazine rings is 1. The van der Waals surface area contributed by atoms with Crippen molar-refractivity contribution in [2.45, 2.75) is 6.54 Å². The molecule has 6 nitrogen and oxygen atoms in total. The van der Waals surface area contributed by atoms with Crippen molar-refractivity contribution in [1.82, 2.24) is 30.4 Å². The largest absolute Gasteiger partial charge is 0.314 e. The van der Waals surface area contributed by atoms with Crippen molar-refractivity contribution in [3.8, 4) is 5.69 Å². The van der Waals surface area contributed by atoms with Crippen LogP contribution in [0.25, 0.3) is 5.69 Å². The van der Waals surface area contributed by atoms with Crippen molar-refractivity contribution < 1.29 is 0 Å². The summed E-state index contributed by atoms with van der Waals surface area (Å²) < 4.78 is 1.66. The van der Waals surface area contributed by atoms with Crippen LogP contribution in [0.4, 0.5) is 0 Å². The van der Waals surface area contributed by atoms with Gasteiger partial charge in [0.15, 0.2) is 0 Å². The first-order valence-electron chi connectivity index (χ1n) is 6.17. The summed E-state index contributed by atoms with van der Waals surface area (Å²) in [6.07, 6.45) is 1.60. The van der Waals surface area contributed by atoms with E-state index in [-0.39, 0.29) is 0 Å². The average molecular weight is 244 g/mol. The third-order valence-corrected chi connectivity index (χ3v) is 3.17. The van der Waals surface area contributed by atoms with Gasteiger partial charge in [-0.3, -0.25) is 4.90 Å². The van der Waals surface area contributed by atoms with Gasteiger partial charge in [0.05, 0.1) is 5.69 Å². The van der Waals surface area contributed by atoms with E-state index in [1.807, 2.05) is 12.1 Å². The molecule has 1 aliphatic rings. The summed E-state index contributed by atoms with van der Waals surface area (Å²) in [5.74, 6) is 0. The molecule has 1 N–H and O–H groups in total. The Morgan fingerprint density at radius 3 is 2.56 bits per heavy atom. The molecule has 0 spiro atoms. The Kier molecular flexibility index (Phi) is 3.29. The number of hydrogen-bond donors (Lipinski definition) is 1. The first-order chi connectivity index (χ1) is 8.92. The molecule has 0 aliphatic carbocycles. The van der Waals surface area contributed by atoms with Gasteiger partial charge in [-0.1, -0.05) is 12.1 Å². The summed E-state index contributed by atoms with van der Waals surface area (Å²) in [5.41, 5.74) is 2.32. The molecule has 0 unspecified atom stereocenters. The van der Waals surface area contributed by atoms with E-state index >= 15 is 0 Å². The molecule has 0 atom stereocenters. The second kappa shape index (κ2) is 5.24. The molecule has 1 fully saturated rings. The lowest BCUT2D eigenvalue weighted by atomic mass is 10.2. The Hall–Kier alpha value is -1.79. The molecular formula is C12H16N6. The zero-order valence-electron chi connectivity index (χ0n) is 10.2. The highest BCUT2D eigenvalue weighted by atomic mass is 15.5. The molecular weight excluding hydrogens is 228 g/mol. The molecule has 0 radical (unpaired) electrons. The maximum atomic E-state index is 3.87. The summed E-state index contributed by atoms with van der Waals surface area (Å²) in [5, 5.41) is 14.5. The van der Waals surface area contributed by atoms with E-state index in [9.17, 15) is 0 Å². The monoisotopic (exact) mass is 244 g/mol. The Morgan fingerprint density at radius 1 is 1.11 bits per heavy atom. The second-order valence-electron chi connectivity index (χ2n) is 4.45. The lowest BCUT2D eigenvalue weighted by molar-refractivity contribution is 0.233. The molecule has 1 saturated heterocycles. The van der Waals surface area contributed by atoms with E-state index in [2.05, 4.69) is 37.9 Å². The van der Waals surface area contributed by atoms with Gasteiger partial charge in [0.25, 0.3) is 0 Å². The minimum atomic E-state index is 0.990. The fraction of sp³-hybridized carbons (Fsp3) is 0.417. The van der Waals surface area contributed by atoms with Gasteiger partial charge >= 0.3 is 0 Å². The molecule has 1 aromatic carbocycles. The van der Waals surface area contributed by atoms with Gasteiger partial charge in [-0.05, 0) is 28.1 Å². The van der Waals surface area contributed by atoms with Crippen LogP contribution in [-0.4, -0.2) is 51.3 Å². The Labute approximate surface area is 106 Å². The molecule has 6 heteroatoms. The van der Waals surface area contributed by atoms with Crippen molar-refractivity contribution in [3.05, 3.63) is 36.2 Å². The summed E-state index contributed by atoms with van der Waals surface area (Å²) in [4.78, 5) is 2.46. The molecule has 2 heterocycles. The smallest absolute Gasteiger partial charge is 0.143 e. The van der Waals surface area contributed by atoms with Crippen LogP contribution in [0.2, 0.25) is 0 Å². The first kappa shape index (κ1) is 11.3. The van der Waals surface area contributed by atoms with Gasteiger partial charge in [-0.15, -0.1) is 5.10 Å². The number of nitrogens with zero attached hydrogens (tertiary/aromatic N) is 5. The Balaban J connectivity index is 1.67. The van der Waals surface area contributed by atoms with Crippen LogP contribution in [0.5, 0.6) is 0 Å². The van der Waals surface area contributed by atoms with Crippen LogP contribution < -0.4 is 5.32 Å². The van der Waals surface area contributed by atoms with Crippen molar-refractivity contribution in [3.63, 3.8) is 0 Å². The van der Waals surface area contributed by atoms with Crippen LogP contribution in [-0.2, 0) is 6.54 Å². The Morgan fingerprint density at radius 2 is 1.89 bits per heavy atom. The quantitative estimate of drug-likeness (QED) is 0.828. The number of aromatic nitrogens is 4. The van der Waals surface area contributed by atoms with Crippen molar-refractivity contribution in [2.24, 2.45) is 0 Å². The molecule has 0 bridgehead atoms. The Bertz CT molecular complexity index is 472.